The summed E-state index contributed by atoms with van der Waals surface area (Å²) in [6.45, 7) is 2.02. The Kier molecular flexibility index (Phi) is 4.71. The molecule has 1 aromatic heterocycles. The average Bonchev–Trinajstić information content (AvgIpc) is 3.13. The van der Waals surface area contributed by atoms with Gasteiger partial charge in [0.25, 0.3) is 10.0 Å². The Morgan fingerprint density at radius 3 is 2.07 bits per heavy atom. The fourth-order valence-corrected chi connectivity index (χ4v) is 3.94. The zero-order chi connectivity index (χ0) is 19.6. The lowest BCUT2D eigenvalue weighted by Gasteiger charge is -2.10. The number of sulfonamides is 1. The molecule has 3 aromatic carbocycles. The van der Waals surface area contributed by atoms with Crippen molar-refractivity contribution < 1.29 is 8.42 Å². The summed E-state index contributed by atoms with van der Waals surface area (Å²) < 4.78 is 29.9. The summed E-state index contributed by atoms with van der Waals surface area (Å²) in [5, 5.41) is 4.65. The second-order valence-electron chi connectivity index (χ2n) is 6.45. The number of aromatic nitrogens is 2. The van der Waals surface area contributed by atoms with Gasteiger partial charge in [-0.25, -0.2) is 13.1 Å². The van der Waals surface area contributed by atoms with Crippen molar-refractivity contribution in [2.75, 3.05) is 4.72 Å². The summed E-state index contributed by atoms with van der Waals surface area (Å²) in [5.41, 5.74) is 3.53. The maximum atomic E-state index is 12.8. The molecule has 0 aliphatic carbocycles. The normalized spacial score (nSPS) is 11.3. The molecule has 28 heavy (non-hydrogen) atoms. The molecule has 0 saturated heterocycles. The molecule has 5 nitrogen and oxygen atoms in total. The number of rotatable bonds is 5. The molecular weight excluding hydrogens is 370 g/mol. The topological polar surface area (TPSA) is 64.0 Å². The number of nitrogens with zero attached hydrogens (tertiary/aromatic N) is 2. The van der Waals surface area contributed by atoms with Crippen LogP contribution in [-0.4, -0.2) is 18.2 Å². The Balaban J connectivity index is 1.80. The summed E-state index contributed by atoms with van der Waals surface area (Å²) in [5.74, 6) is 0.380. The van der Waals surface area contributed by atoms with Crippen LogP contribution in [0.5, 0.6) is 0 Å². The molecule has 0 amide bonds. The number of aryl methyl sites for hydroxylation is 1. The van der Waals surface area contributed by atoms with Crippen LogP contribution in [0.1, 0.15) is 5.56 Å². The fraction of sp³-hybridized carbons (Fsp3) is 0.0455. The smallest absolute Gasteiger partial charge is 0.263 e. The lowest BCUT2D eigenvalue weighted by Crippen LogP contribution is -2.15. The quantitative estimate of drug-likeness (QED) is 0.540. The predicted octanol–water partition coefficient (Wildman–Crippen LogP) is 4.65. The Labute approximate surface area is 164 Å². The first kappa shape index (κ1) is 18.0. The van der Waals surface area contributed by atoms with Crippen LogP contribution in [0.4, 0.5) is 5.82 Å². The van der Waals surface area contributed by atoms with E-state index in [1.807, 2.05) is 61.5 Å². The highest BCUT2D eigenvalue weighted by atomic mass is 32.2. The lowest BCUT2D eigenvalue weighted by atomic mass is 10.1. The van der Waals surface area contributed by atoms with Gasteiger partial charge in [-0.05, 0) is 31.2 Å². The highest BCUT2D eigenvalue weighted by Crippen LogP contribution is 2.27. The van der Waals surface area contributed by atoms with Crippen LogP contribution in [0.25, 0.3) is 16.9 Å². The van der Waals surface area contributed by atoms with Crippen LogP contribution in [0.2, 0.25) is 0 Å². The third-order valence-electron chi connectivity index (χ3n) is 4.35. The average molecular weight is 389 g/mol. The Morgan fingerprint density at radius 2 is 1.43 bits per heavy atom. The van der Waals surface area contributed by atoms with Crippen molar-refractivity contribution in [1.29, 1.82) is 0 Å². The standard InChI is InChI=1S/C22H19N3O2S/c1-17-12-14-18(15-13-17)21-16-22(25(23-21)19-8-4-2-5-9-19)24-28(26,27)20-10-6-3-7-11-20/h2-16,24H,1H3. The van der Waals surface area contributed by atoms with E-state index in [1.54, 1.807) is 41.1 Å². The minimum atomic E-state index is -3.73. The van der Waals surface area contributed by atoms with Gasteiger partial charge in [0.05, 0.1) is 16.3 Å². The molecule has 0 atom stereocenters. The molecular formula is C22H19N3O2S. The van der Waals surface area contributed by atoms with Gasteiger partial charge in [0.2, 0.25) is 0 Å². The second-order valence-corrected chi connectivity index (χ2v) is 8.13. The maximum Gasteiger partial charge on any atom is 0.263 e. The molecule has 4 rings (SSSR count). The van der Waals surface area contributed by atoms with Crippen LogP contribution in [0.3, 0.4) is 0 Å². The molecule has 0 spiro atoms. The van der Waals surface area contributed by atoms with Gasteiger partial charge in [0.1, 0.15) is 5.82 Å². The third kappa shape index (κ3) is 3.68. The van der Waals surface area contributed by atoms with Crippen molar-refractivity contribution in [1.82, 2.24) is 9.78 Å². The van der Waals surface area contributed by atoms with Crippen LogP contribution < -0.4 is 4.72 Å². The van der Waals surface area contributed by atoms with E-state index in [9.17, 15) is 8.42 Å². The van der Waals surface area contributed by atoms with Gasteiger partial charge >= 0.3 is 0 Å². The van der Waals surface area contributed by atoms with Crippen LogP contribution >= 0.6 is 0 Å². The van der Waals surface area contributed by atoms with Gasteiger partial charge in [-0.15, -0.1) is 0 Å². The van der Waals surface area contributed by atoms with Crippen molar-refractivity contribution >= 4 is 15.8 Å². The summed E-state index contributed by atoms with van der Waals surface area (Å²) >= 11 is 0. The molecule has 6 heteroatoms. The Bertz CT molecular complexity index is 1180. The number of hydrogen-bond donors (Lipinski definition) is 1. The molecule has 0 unspecified atom stereocenters. The summed E-state index contributed by atoms with van der Waals surface area (Å²) in [6.07, 6.45) is 0. The van der Waals surface area contributed by atoms with E-state index < -0.39 is 10.0 Å². The van der Waals surface area contributed by atoms with Crippen molar-refractivity contribution in [3.05, 3.63) is 96.6 Å². The Morgan fingerprint density at radius 1 is 0.821 bits per heavy atom. The van der Waals surface area contributed by atoms with E-state index in [0.29, 0.717) is 11.5 Å². The lowest BCUT2D eigenvalue weighted by molar-refractivity contribution is 0.600. The maximum absolute atomic E-state index is 12.8. The largest absolute Gasteiger partial charge is 0.263 e. The zero-order valence-corrected chi connectivity index (χ0v) is 16.1. The van der Waals surface area contributed by atoms with E-state index in [2.05, 4.69) is 9.82 Å². The number of anilines is 1. The third-order valence-corrected chi connectivity index (χ3v) is 5.72. The van der Waals surface area contributed by atoms with E-state index in [-0.39, 0.29) is 4.90 Å². The summed E-state index contributed by atoms with van der Waals surface area (Å²) in [6, 6.07) is 27.4. The fourth-order valence-electron chi connectivity index (χ4n) is 2.88. The predicted molar refractivity (Wildman–Crippen MR) is 111 cm³/mol. The first-order valence-electron chi connectivity index (χ1n) is 8.83. The summed E-state index contributed by atoms with van der Waals surface area (Å²) in [7, 11) is -3.73. The molecule has 1 N–H and O–H groups in total. The number of hydrogen-bond acceptors (Lipinski definition) is 3. The summed E-state index contributed by atoms with van der Waals surface area (Å²) in [4.78, 5) is 0.202. The van der Waals surface area contributed by atoms with Crippen LogP contribution in [0, 0.1) is 6.92 Å². The Hall–Kier alpha value is -3.38. The minimum Gasteiger partial charge on any atom is -0.263 e. The van der Waals surface area contributed by atoms with E-state index in [1.165, 1.54) is 0 Å². The van der Waals surface area contributed by atoms with Crippen molar-refractivity contribution in [2.24, 2.45) is 0 Å². The monoisotopic (exact) mass is 389 g/mol. The van der Waals surface area contributed by atoms with Gasteiger partial charge < -0.3 is 0 Å². The van der Waals surface area contributed by atoms with Gasteiger partial charge in [0.15, 0.2) is 0 Å². The van der Waals surface area contributed by atoms with Crippen molar-refractivity contribution in [3.63, 3.8) is 0 Å². The second kappa shape index (κ2) is 7.32. The van der Waals surface area contributed by atoms with Crippen LogP contribution in [0.15, 0.2) is 95.9 Å². The molecule has 0 aliphatic heterocycles. The molecule has 140 valence electrons. The molecule has 4 aromatic rings. The minimum absolute atomic E-state index is 0.202. The van der Waals surface area contributed by atoms with Crippen LogP contribution in [-0.2, 0) is 10.0 Å². The van der Waals surface area contributed by atoms with Gasteiger partial charge in [0, 0.05) is 11.6 Å². The van der Waals surface area contributed by atoms with E-state index >= 15 is 0 Å². The molecule has 0 saturated carbocycles. The van der Waals surface area contributed by atoms with Gasteiger partial charge in [-0.1, -0.05) is 66.2 Å². The van der Waals surface area contributed by atoms with Gasteiger partial charge in [-0.3, -0.25) is 4.72 Å². The highest BCUT2D eigenvalue weighted by Gasteiger charge is 2.19. The zero-order valence-electron chi connectivity index (χ0n) is 15.3. The number of benzene rings is 3. The number of para-hydroxylation sites is 1. The molecule has 0 aliphatic rings. The molecule has 0 fully saturated rings. The SMILES string of the molecule is Cc1ccc(-c2cc(NS(=O)(=O)c3ccccc3)n(-c3ccccc3)n2)cc1. The molecule has 0 radical (unpaired) electrons. The molecule has 1 heterocycles. The number of nitrogens with one attached hydrogen (secondary N) is 1. The van der Waals surface area contributed by atoms with Crippen molar-refractivity contribution in [2.45, 2.75) is 11.8 Å². The van der Waals surface area contributed by atoms with Gasteiger partial charge in [-0.2, -0.15) is 5.10 Å². The first-order chi connectivity index (χ1) is 13.5. The van der Waals surface area contributed by atoms with E-state index in [0.717, 1.165) is 16.8 Å². The highest BCUT2D eigenvalue weighted by molar-refractivity contribution is 7.92. The first-order valence-corrected chi connectivity index (χ1v) is 10.3. The van der Waals surface area contributed by atoms with E-state index in [4.69, 9.17) is 0 Å². The van der Waals surface area contributed by atoms with Crippen molar-refractivity contribution in [3.8, 4) is 16.9 Å². The molecule has 0 bridgehead atoms.